The van der Waals surface area contributed by atoms with E-state index in [1.165, 1.54) is 0 Å². The first-order valence-corrected chi connectivity index (χ1v) is 11.4. The van der Waals surface area contributed by atoms with Crippen LogP contribution in [-0.2, 0) is 0 Å². The highest BCUT2D eigenvalue weighted by atomic mass is 16.1. The Balaban J connectivity index is 0.000000189. The smallest absolute Gasteiger partial charge is 0.150 e. The van der Waals surface area contributed by atoms with Gasteiger partial charge in [0.05, 0.1) is 5.52 Å². The summed E-state index contributed by atoms with van der Waals surface area (Å²) in [6, 6.07) is 35.8. The van der Waals surface area contributed by atoms with E-state index in [4.69, 9.17) is 5.73 Å². The number of hydrogen-bond donors (Lipinski definition) is 2. The normalized spacial score (nSPS) is 10.1. The predicted octanol–water partition coefficient (Wildman–Crippen LogP) is 6.95. The molecule has 0 aliphatic carbocycles. The average molecular weight is 458 g/mol. The second-order valence-electron chi connectivity index (χ2n) is 7.92. The fourth-order valence-electron chi connectivity index (χ4n) is 3.80. The van der Waals surface area contributed by atoms with E-state index in [9.17, 15) is 4.79 Å². The van der Waals surface area contributed by atoms with Gasteiger partial charge >= 0.3 is 0 Å². The molecule has 0 unspecified atom stereocenters. The Morgan fingerprint density at radius 2 is 1.37 bits per heavy atom. The van der Waals surface area contributed by atoms with E-state index >= 15 is 0 Å². The van der Waals surface area contributed by atoms with Crippen LogP contribution in [0.15, 0.2) is 115 Å². The van der Waals surface area contributed by atoms with E-state index in [-0.39, 0.29) is 0 Å². The summed E-state index contributed by atoms with van der Waals surface area (Å²) in [5, 5.41) is 4.06. The Kier molecular flexibility index (Phi) is 7.66. The summed E-state index contributed by atoms with van der Waals surface area (Å²) in [5.41, 5.74) is 13.6. The van der Waals surface area contributed by atoms with Gasteiger partial charge < -0.3 is 11.1 Å². The number of anilines is 2. The van der Waals surface area contributed by atoms with Crippen LogP contribution in [0.2, 0.25) is 0 Å². The minimum Gasteiger partial charge on any atom is -0.398 e. The average Bonchev–Trinajstić information content (AvgIpc) is 2.93. The fraction of sp³-hybridized carbons (Fsp3) is 0.0323. The molecule has 0 saturated heterocycles. The lowest BCUT2D eigenvalue weighted by Crippen LogP contribution is -1.91. The lowest BCUT2D eigenvalue weighted by atomic mass is 9.94. The van der Waals surface area contributed by atoms with Crippen molar-refractivity contribution in [1.82, 2.24) is 4.98 Å². The lowest BCUT2D eigenvalue weighted by Gasteiger charge is -2.09. The maximum Gasteiger partial charge on any atom is 0.150 e. The van der Waals surface area contributed by atoms with Crippen molar-refractivity contribution in [2.45, 2.75) is 0 Å². The lowest BCUT2D eigenvalue weighted by molar-refractivity contribution is 0.112. The summed E-state index contributed by atoms with van der Waals surface area (Å²) >= 11 is 0. The van der Waals surface area contributed by atoms with Crippen molar-refractivity contribution >= 4 is 40.2 Å². The summed E-state index contributed by atoms with van der Waals surface area (Å²) in [4.78, 5) is 15.5. The molecule has 1 heterocycles. The molecule has 0 aliphatic heterocycles. The highest BCUT2D eigenvalue weighted by Gasteiger charge is 2.06. The minimum absolute atomic E-state index is 0.701. The number of hydrogen-bond acceptors (Lipinski definition) is 4. The molecule has 4 nitrogen and oxygen atoms in total. The fourth-order valence-corrected chi connectivity index (χ4v) is 3.80. The summed E-state index contributed by atoms with van der Waals surface area (Å²) in [5.74, 6) is 0. The molecule has 0 radical (unpaired) electrons. The van der Waals surface area contributed by atoms with Crippen LogP contribution in [0.3, 0.4) is 0 Å². The molecule has 3 N–H and O–H groups in total. The highest BCUT2D eigenvalue weighted by molar-refractivity contribution is 5.95. The Bertz CT molecular complexity index is 1400. The van der Waals surface area contributed by atoms with Gasteiger partial charge in [0, 0.05) is 35.6 Å². The molecule has 0 spiro atoms. The van der Waals surface area contributed by atoms with Crippen molar-refractivity contribution in [3.8, 4) is 0 Å². The Morgan fingerprint density at radius 1 is 0.771 bits per heavy atom. The second-order valence-corrected chi connectivity index (χ2v) is 7.92. The van der Waals surface area contributed by atoms with Gasteiger partial charge in [-0.05, 0) is 52.6 Å². The van der Waals surface area contributed by atoms with Gasteiger partial charge in [-0.1, -0.05) is 84.9 Å². The Hall–Kier alpha value is -4.70. The molecule has 0 amide bonds. The van der Waals surface area contributed by atoms with Crippen molar-refractivity contribution in [3.05, 3.63) is 138 Å². The third kappa shape index (κ3) is 5.81. The second kappa shape index (κ2) is 11.4. The molecule has 5 rings (SSSR count). The number of benzene rings is 4. The number of nitrogens with zero attached hydrogens (tertiary/aromatic N) is 1. The van der Waals surface area contributed by atoms with Crippen molar-refractivity contribution in [2.24, 2.45) is 0 Å². The molecule has 35 heavy (non-hydrogen) atoms. The van der Waals surface area contributed by atoms with Crippen LogP contribution in [0.4, 0.5) is 11.4 Å². The number of nitrogens with two attached hydrogens (primary N) is 1. The van der Waals surface area contributed by atoms with E-state index in [0.29, 0.717) is 5.56 Å². The number of nitrogen functional groups attached to an aromatic ring is 1. The van der Waals surface area contributed by atoms with Crippen LogP contribution in [-0.4, -0.2) is 18.3 Å². The van der Waals surface area contributed by atoms with Crippen LogP contribution in [0.25, 0.3) is 22.6 Å². The van der Waals surface area contributed by atoms with E-state index in [0.717, 1.165) is 50.8 Å². The standard InChI is InChI=1S/C21H16O.C10H11N3/c22-16-20-14-8-7-13-19(20)15-21(17-9-3-1-4-10-17)18-11-5-2-6-12-18;1-12-7-2-3-10-8(6-7)9(11)4-5-13-10/h1-16H;2-6,12H,1H3,(H2,11,13). The molecule has 0 bridgehead atoms. The molecular formula is C31H27N3O. The largest absolute Gasteiger partial charge is 0.398 e. The molecule has 4 aromatic carbocycles. The van der Waals surface area contributed by atoms with Gasteiger partial charge in [-0.15, -0.1) is 0 Å². The zero-order chi connectivity index (χ0) is 24.5. The van der Waals surface area contributed by atoms with Crippen molar-refractivity contribution in [2.75, 3.05) is 18.1 Å². The zero-order valence-corrected chi connectivity index (χ0v) is 19.6. The van der Waals surface area contributed by atoms with Gasteiger partial charge in [0.15, 0.2) is 6.29 Å². The first kappa shape index (κ1) is 23.5. The van der Waals surface area contributed by atoms with E-state index < -0.39 is 0 Å². The van der Waals surface area contributed by atoms with E-state index in [1.807, 2.05) is 92.0 Å². The van der Waals surface area contributed by atoms with Crippen molar-refractivity contribution in [3.63, 3.8) is 0 Å². The molecule has 5 aromatic rings. The molecular weight excluding hydrogens is 430 g/mol. The number of aldehydes is 1. The third-order valence-corrected chi connectivity index (χ3v) is 5.66. The molecule has 4 heteroatoms. The minimum atomic E-state index is 0.701. The van der Waals surface area contributed by atoms with Gasteiger partial charge in [0.2, 0.25) is 0 Å². The van der Waals surface area contributed by atoms with Crippen molar-refractivity contribution in [1.29, 1.82) is 0 Å². The number of rotatable bonds is 5. The number of aromatic nitrogens is 1. The van der Waals surface area contributed by atoms with Crippen LogP contribution >= 0.6 is 0 Å². The first-order valence-electron chi connectivity index (χ1n) is 11.4. The highest BCUT2D eigenvalue weighted by Crippen LogP contribution is 2.27. The molecule has 0 atom stereocenters. The van der Waals surface area contributed by atoms with Crippen LogP contribution in [0.1, 0.15) is 27.0 Å². The predicted molar refractivity (Wildman–Crippen MR) is 147 cm³/mol. The maximum absolute atomic E-state index is 11.3. The summed E-state index contributed by atoms with van der Waals surface area (Å²) in [7, 11) is 1.88. The topological polar surface area (TPSA) is 68.0 Å². The molecule has 0 fully saturated rings. The Labute approximate surface area is 205 Å². The molecule has 172 valence electrons. The zero-order valence-electron chi connectivity index (χ0n) is 19.6. The maximum atomic E-state index is 11.3. The number of carbonyl (C=O) groups is 1. The molecule has 1 aromatic heterocycles. The van der Waals surface area contributed by atoms with Crippen molar-refractivity contribution < 1.29 is 4.79 Å². The van der Waals surface area contributed by atoms with Gasteiger partial charge in [-0.25, -0.2) is 0 Å². The van der Waals surface area contributed by atoms with Gasteiger partial charge in [-0.2, -0.15) is 0 Å². The third-order valence-electron chi connectivity index (χ3n) is 5.66. The summed E-state index contributed by atoms with van der Waals surface area (Å²) in [6.07, 6.45) is 4.70. The van der Waals surface area contributed by atoms with E-state index in [1.54, 1.807) is 6.20 Å². The number of pyridine rings is 1. The Morgan fingerprint density at radius 3 is 1.97 bits per heavy atom. The number of nitrogens with one attached hydrogen (secondary N) is 1. The first-order chi connectivity index (χ1) is 17.2. The van der Waals surface area contributed by atoms with E-state index in [2.05, 4.69) is 40.6 Å². The van der Waals surface area contributed by atoms with Gasteiger partial charge in [0.25, 0.3) is 0 Å². The molecule has 0 saturated carbocycles. The summed E-state index contributed by atoms with van der Waals surface area (Å²) < 4.78 is 0. The van der Waals surface area contributed by atoms with Gasteiger partial charge in [-0.3, -0.25) is 9.78 Å². The number of carbonyl (C=O) groups excluding carboxylic acids is 1. The van der Waals surface area contributed by atoms with Crippen LogP contribution < -0.4 is 11.1 Å². The van der Waals surface area contributed by atoms with Gasteiger partial charge in [0.1, 0.15) is 0 Å². The SMILES string of the molecule is CNc1ccc2nccc(N)c2c1.O=Cc1ccccc1C=C(c1ccccc1)c1ccccc1. The molecule has 0 aliphatic rings. The van der Waals surface area contributed by atoms with Crippen LogP contribution in [0, 0.1) is 0 Å². The number of fused-ring (bicyclic) bond motifs is 1. The quantitative estimate of drug-likeness (QED) is 0.221. The monoisotopic (exact) mass is 457 g/mol. The van der Waals surface area contributed by atoms with Crippen LogP contribution in [0.5, 0.6) is 0 Å². The summed E-state index contributed by atoms with van der Waals surface area (Å²) in [6.45, 7) is 0.